The van der Waals surface area contributed by atoms with Crippen LogP contribution in [0.1, 0.15) is 26.7 Å². The molecule has 1 heteroatoms. The second kappa shape index (κ2) is 2.23. The summed E-state index contributed by atoms with van der Waals surface area (Å²) in [6.07, 6.45) is 3.42. The molecule has 1 aliphatic carbocycles. The Morgan fingerprint density at radius 1 is 1.10 bits per heavy atom. The largest absolute Gasteiger partial charge is 0.377 e. The number of hydrogen-bond donors (Lipinski definition) is 0. The molecule has 1 heterocycles. The number of ether oxygens (including phenoxy) is 1. The second-order valence-corrected chi connectivity index (χ2v) is 3.99. The van der Waals surface area contributed by atoms with Crippen LogP contribution in [0.2, 0.25) is 0 Å². The van der Waals surface area contributed by atoms with Crippen molar-refractivity contribution in [3.8, 4) is 0 Å². The molecule has 0 spiro atoms. The van der Waals surface area contributed by atoms with Gasteiger partial charge in [0, 0.05) is 6.61 Å². The summed E-state index contributed by atoms with van der Waals surface area (Å²) in [6, 6.07) is 0. The molecule has 1 nitrogen and oxygen atoms in total. The molecule has 4 atom stereocenters. The van der Waals surface area contributed by atoms with Crippen LogP contribution in [0.3, 0.4) is 0 Å². The number of rotatable bonds is 0. The van der Waals surface area contributed by atoms with E-state index in [0.717, 1.165) is 24.4 Å². The topological polar surface area (TPSA) is 9.23 Å². The Kier molecular flexibility index (Phi) is 1.48. The van der Waals surface area contributed by atoms with Gasteiger partial charge in [-0.05, 0) is 30.6 Å². The first kappa shape index (κ1) is 6.66. The Bertz CT molecular complexity index is 117. The van der Waals surface area contributed by atoms with Gasteiger partial charge in [-0.3, -0.25) is 0 Å². The maximum absolute atomic E-state index is 5.70. The van der Waals surface area contributed by atoms with Gasteiger partial charge in [-0.15, -0.1) is 0 Å². The van der Waals surface area contributed by atoms with E-state index in [9.17, 15) is 0 Å². The maximum Gasteiger partial charge on any atom is 0.0632 e. The van der Waals surface area contributed by atoms with Crippen LogP contribution < -0.4 is 0 Å². The van der Waals surface area contributed by atoms with Gasteiger partial charge in [-0.1, -0.05) is 13.8 Å². The van der Waals surface area contributed by atoms with Gasteiger partial charge in [0.2, 0.25) is 0 Å². The van der Waals surface area contributed by atoms with Gasteiger partial charge in [-0.2, -0.15) is 0 Å². The fourth-order valence-corrected chi connectivity index (χ4v) is 2.49. The molecule has 10 heavy (non-hydrogen) atoms. The lowest BCUT2D eigenvalue weighted by Gasteiger charge is -2.13. The molecule has 0 aromatic rings. The van der Waals surface area contributed by atoms with E-state index in [0.29, 0.717) is 6.10 Å². The summed E-state index contributed by atoms with van der Waals surface area (Å²) in [6.45, 7) is 5.66. The molecule has 0 aromatic heterocycles. The molecule has 1 saturated carbocycles. The van der Waals surface area contributed by atoms with Crippen molar-refractivity contribution in [2.75, 3.05) is 6.61 Å². The third-order valence-electron chi connectivity index (χ3n) is 3.22. The quantitative estimate of drug-likeness (QED) is 0.500. The van der Waals surface area contributed by atoms with Crippen LogP contribution in [-0.2, 0) is 4.74 Å². The van der Waals surface area contributed by atoms with Crippen molar-refractivity contribution in [2.24, 2.45) is 17.8 Å². The van der Waals surface area contributed by atoms with Gasteiger partial charge >= 0.3 is 0 Å². The van der Waals surface area contributed by atoms with Gasteiger partial charge in [0.05, 0.1) is 6.10 Å². The number of hydrogen-bond acceptors (Lipinski definition) is 1. The second-order valence-electron chi connectivity index (χ2n) is 3.99. The third kappa shape index (κ3) is 0.800. The molecule has 0 bridgehead atoms. The van der Waals surface area contributed by atoms with Crippen LogP contribution in [0, 0.1) is 17.8 Å². The fraction of sp³-hybridized carbons (Fsp3) is 1.00. The Hall–Kier alpha value is -0.0400. The molecule has 0 amide bonds. The van der Waals surface area contributed by atoms with E-state index in [-0.39, 0.29) is 0 Å². The van der Waals surface area contributed by atoms with Crippen molar-refractivity contribution in [1.82, 2.24) is 0 Å². The van der Waals surface area contributed by atoms with E-state index in [2.05, 4.69) is 13.8 Å². The molecule has 2 fully saturated rings. The molecule has 0 aromatic carbocycles. The predicted octanol–water partition coefficient (Wildman–Crippen LogP) is 2.07. The zero-order valence-corrected chi connectivity index (χ0v) is 6.84. The maximum atomic E-state index is 5.70. The van der Waals surface area contributed by atoms with Crippen LogP contribution in [0.25, 0.3) is 0 Å². The highest BCUT2D eigenvalue weighted by molar-refractivity contribution is 4.90. The average molecular weight is 140 g/mol. The molecule has 0 unspecified atom stereocenters. The molecule has 58 valence electrons. The van der Waals surface area contributed by atoms with Gasteiger partial charge in [0.15, 0.2) is 0 Å². The monoisotopic (exact) mass is 140 g/mol. The SMILES string of the molecule is C[C@@H]1CO[C@H]2[C@@H]1CC[C@@H]2C. The van der Waals surface area contributed by atoms with E-state index in [1.54, 1.807) is 0 Å². The van der Waals surface area contributed by atoms with Gasteiger partial charge in [0.25, 0.3) is 0 Å². The highest BCUT2D eigenvalue weighted by atomic mass is 16.5. The van der Waals surface area contributed by atoms with Crippen molar-refractivity contribution in [3.63, 3.8) is 0 Å². The first-order valence-electron chi connectivity index (χ1n) is 4.40. The van der Waals surface area contributed by atoms with Gasteiger partial charge in [0.1, 0.15) is 0 Å². The lowest BCUT2D eigenvalue weighted by molar-refractivity contribution is 0.0708. The lowest BCUT2D eigenvalue weighted by Crippen LogP contribution is -2.16. The molecule has 1 aliphatic heterocycles. The summed E-state index contributed by atoms with van der Waals surface area (Å²) < 4.78 is 5.70. The predicted molar refractivity (Wildman–Crippen MR) is 40.8 cm³/mol. The molecule has 0 radical (unpaired) electrons. The highest BCUT2D eigenvalue weighted by Gasteiger charge is 2.41. The smallest absolute Gasteiger partial charge is 0.0632 e. The van der Waals surface area contributed by atoms with Gasteiger partial charge < -0.3 is 4.74 Å². The molecule has 0 N–H and O–H groups in total. The Balaban J connectivity index is 2.09. The summed E-state index contributed by atoms with van der Waals surface area (Å²) in [7, 11) is 0. The van der Waals surface area contributed by atoms with Crippen LogP contribution in [0.5, 0.6) is 0 Å². The van der Waals surface area contributed by atoms with Crippen molar-refractivity contribution in [2.45, 2.75) is 32.8 Å². The van der Waals surface area contributed by atoms with E-state index in [1.165, 1.54) is 12.8 Å². The average Bonchev–Trinajstić information content (AvgIpc) is 2.41. The summed E-state index contributed by atoms with van der Waals surface area (Å²) in [4.78, 5) is 0. The summed E-state index contributed by atoms with van der Waals surface area (Å²) in [5, 5.41) is 0. The van der Waals surface area contributed by atoms with E-state index >= 15 is 0 Å². The van der Waals surface area contributed by atoms with Crippen molar-refractivity contribution in [1.29, 1.82) is 0 Å². The van der Waals surface area contributed by atoms with Gasteiger partial charge in [-0.25, -0.2) is 0 Å². The summed E-state index contributed by atoms with van der Waals surface area (Å²) >= 11 is 0. The van der Waals surface area contributed by atoms with Crippen molar-refractivity contribution >= 4 is 0 Å². The molecular weight excluding hydrogens is 124 g/mol. The lowest BCUT2D eigenvalue weighted by atomic mass is 9.93. The Labute approximate surface area is 62.8 Å². The van der Waals surface area contributed by atoms with Crippen molar-refractivity contribution < 1.29 is 4.74 Å². The Morgan fingerprint density at radius 3 is 2.60 bits per heavy atom. The van der Waals surface area contributed by atoms with Crippen LogP contribution in [-0.4, -0.2) is 12.7 Å². The van der Waals surface area contributed by atoms with Crippen LogP contribution >= 0.6 is 0 Å². The zero-order valence-electron chi connectivity index (χ0n) is 6.84. The minimum Gasteiger partial charge on any atom is -0.377 e. The molecule has 2 rings (SSSR count). The summed E-state index contributed by atoms with van der Waals surface area (Å²) in [5.41, 5.74) is 0. The molecular formula is C9H16O. The fourth-order valence-electron chi connectivity index (χ4n) is 2.49. The number of fused-ring (bicyclic) bond motifs is 1. The molecule has 1 saturated heterocycles. The van der Waals surface area contributed by atoms with Crippen molar-refractivity contribution in [3.05, 3.63) is 0 Å². The Morgan fingerprint density at radius 2 is 1.90 bits per heavy atom. The van der Waals surface area contributed by atoms with E-state index in [4.69, 9.17) is 4.74 Å². The minimum absolute atomic E-state index is 0.620. The molecule has 2 aliphatic rings. The third-order valence-corrected chi connectivity index (χ3v) is 3.22. The first-order valence-corrected chi connectivity index (χ1v) is 4.40. The minimum atomic E-state index is 0.620. The zero-order chi connectivity index (χ0) is 7.14. The first-order chi connectivity index (χ1) is 4.79. The summed E-state index contributed by atoms with van der Waals surface area (Å²) in [5.74, 6) is 2.56. The van der Waals surface area contributed by atoms with E-state index < -0.39 is 0 Å². The highest BCUT2D eigenvalue weighted by Crippen LogP contribution is 2.42. The normalized spacial score (nSPS) is 53.4. The standard InChI is InChI=1S/C9H16O/c1-6-3-4-8-7(2)5-10-9(6)8/h6-9H,3-5H2,1-2H3/t6-,7+,8+,9+/m0/s1. The van der Waals surface area contributed by atoms with Crippen LogP contribution in [0.15, 0.2) is 0 Å². The van der Waals surface area contributed by atoms with E-state index in [1.807, 2.05) is 0 Å². The van der Waals surface area contributed by atoms with Crippen LogP contribution in [0.4, 0.5) is 0 Å².